The van der Waals surface area contributed by atoms with E-state index >= 15 is 0 Å². The molecule has 0 saturated heterocycles. The molecule has 0 aliphatic carbocycles. The molecule has 0 unspecified atom stereocenters. The Balaban J connectivity index is 4.01. The number of amides is 1. The van der Waals surface area contributed by atoms with Crippen molar-refractivity contribution < 1.29 is 13.2 Å². The van der Waals surface area contributed by atoms with Gasteiger partial charge in [-0.05, 0) is 33.9 Å². The molecule has 2 N–H and O–H groups in total. The van der Waals surface area contributed by atoms with Gasteiger partial charge in [0.15, 0.2) is 9.84 Å². The maximum absolute atomic E-state index is 11.4. The third-order valence-electron chi connectivity index (χ3n) is 2.55. The molecule has 16 heavy (non-hydrogen) atoms. The van der Waals surface area contributed by atoms with Crippen molar-refractivity contribution in [1.29, 1.82) is 0 Å². The van der Waals surface area contributed by atoms with Crippen molar-refractivity contribution >= 4 is 15.7 Å². The van der Waals surface area contributed by atoms with Gasteiger partial charge in [-0.1, -0.05) is 0 Å². The summed E-state index contributed by atoms with van der Waals surface area (Å²) >= 11 is 0. The molecule has 6 heteroatoms. The molecule has 0 aliphatic heterocycles. The molecule has 0 aromatic carbocycles. The van der Waals surface area contributed by atoms with E-state index in [1.807, 2.05) is 7.05 Å². The van der Waals surface area contributed by atoms with E-state index in [-0.39, 0.29) is 12.5 Å². The summed E-state index contributed by atoms with van der Waals surface area (Å²) < 4.78 is 21.8. The Morgan fingerprint density at radius 3 is 2.31 bits per heavy atom. The zero-order valence-electron chi connectivity index (χ0n) is 10.5. The van der Waals surface area contributed by atoms with Crippen LogP contribution in [-0.4, -0.2) is 45.5 Å². The van der Waals surface area contributed by atoms with Gasteiger partial charge in [-0.25, -0.2) is 8.42 Å². The zero-order chi connectivity index (χ0) is 12.8. The van der Waals surface area contributed by atoms with E-state index in [4.69, 9.17) is 0 Å². The van der Waals surface area contributed by atoms with Crippen molar-refractivity contribution in [2.24, 2.45) is 0 Å². The molecule has 0 fully saturated rings. The van der Waals surface area contributed by atoms with Crippen LogP contribution in [-0.2, 0) is 14.6 Å². The van der Waals surface area contributed by atoms with Crippen LogP contribution in [0, 0.1) is 0 Å². The largest absolute Gasteiger partial charge is 0.355 e. The standard InChI is InChI=1S/C10H22N2O3S/c1-10(2,16(4,14)15)8-12-9(13)6-5-7-11-3/h11H,5-8H2,1-4H3,(H,12,13). The second-order valence-electron chi connectivity index (χ2n) is 4.52. The summed E-state index contributed by atoms with van der Waals surface area (Å²) in [6.45, 7) is 4.15. The molecule has 5 nitrogen and oxygen atoms in total. The quantitative estimate of drug-likeness (QED) is 0.620. The highest BCUT2D eigenvalue weighted by atomic mass is 32.2. The second-order valence-corrected chi connectivity index (χ2v) is 7.17. The molecule has 1 amide bonds. The van der Waals surface area contributed by atoms with Crippen molar-refractivity contribution in [3.8, 4) is 0 Å². The molecule has 0 aromatic heterocycles. The van der Waals surface area contributed by atoms with Gasteiger partial charge in [0.05, 0.1) is 4.75 Å². The van der Waals surface area contributed by atoms with Crippen LogP contribution in [0.4, 0.5) is 0 Å². The fourth-order valence-corrected chi connectivity index (χ4v) is 1.29. The number of rotatable bonds is 7. The average Bonchev–Trinajstić information content (AvgIpc) is 2.13. The van der Waals surface area contributed by atoms with E-state index in [0.717, 1.165) is 13.0 Å². The average molecular weight is 250 g/mol. The number of hydrogen-bond donors (Lipinski definition) is 2. The van der Waals surface area contributed by atoms with E-state index in [1.54, 1.807) is 13.8 Å². The molecule has 96 valence electrons. The van der Waals surface area contributed by atoms with Crippen LogP contribution < -0.4 is 10.6 Å². The van der Waals surface area contributed by atoms with Gasteiger partial charge in [-0.3, -0.25) is 4.79 Å². The van der Waals surface area contributed by atoms with Crippen molar-refractivity contribution in [2.75, 3.05) is 26.4 Å². The third-order valence-corrected chi connectivity index (χ3v) is 4.70. The van der Waals surface area contributed by atoms with Gasteiger partial charge in [0, 0.05) is 19.2 Å². The van der Waals surface area contributed by atoms with Crippen LogP contribution in [0.25, 0.3) is 0 Å². The maximum atomic E-state index is 11.4. The first-order chi connectivity index (χ1) is 7.20. The molecule has 0 saturated carbocycles. The molecular formula is C10H22N2O3S. The molecule has 0 radical (unpaired) electrons. The first-order valence-electron chi connectivity index (χ1n) is 5.31. The predicted octanol–water partition coefficient (Wildman–Crippen LogP) is -0.0746. The van der Waals surface area contributed by atoms with Gasteiger partial charge in [0.2, 0.25) is 5.91 Å². The Bertz CT molecular complexity index is 323. The van der Waals surface area contributed by atoms with E-state index in [0.29, 0.717) is 6.42 Å². The number of carbonyl (C=O) groups excluding carboxylic acids is 1. The van der Waals surface area contributed by atoms with Gasteiger partial charge in [0.25, 0.3) is 0 Å². The summed E-state index contributed by atoms with van der Waals surface area (Å²) in [5.74, 6) is -0.105. The lowest BCUT2D eigenvalue weighted by molar-refractivity contribution is -0.121. The Hall–Kier alpha value is -0.620. The second kappa shape index (κ2) is 6.20. The van der Waals surface area contributed by atoms with Crippen LogP contribution in [0.2, 0.25) is 0 Å². The smallest absolute Gasteiger partial charge is 0.220 e. The molecule has 0 spiro atoms. The Morgan fingerprint density at radius 2 is 1.88 bits per heavy atom. The van der Waals surface area contributed by atoms with Crippen LogP contribution in [0.15, 0.2) is 0 Å². The fourth-order valence-electron chi connectivity index (χ4n) is 0.957. The highest BCUT2D eigenvalue weighted by Crippen LogP contribution is 2.13. The minimum absolute atomic E-state index is 0.105. The molecular weight excluding hydrogens is 228 g/mol. The van der Waals surface area contributed by atoms with E-state index in [9.17, 15) is 13.2 Å². The Labute approximate surface area is 97.9 Å². The molecule has 0 aliphatic rings. The van der Waals surface area contributed by atoms with Gasteiger partial charge in [-0.15, -0.1) is 0 Å². The summed E-state index contributed by atoms with van der Waals surface area (Å²) in [6.07, 6.45) is 2.35. The first-order valence-corrected chi connectivity index (χ1v) is 7.21. The summed E-state index contributed by atoms with van der Waals surface area (Å²) in [4.78, 5) is 11.4. The van der Waals surface area contributed by atoms with Crippen molar-refractivity contribution in [2.45, 2.75) is 31.4 Å². The molecule has 0 bridgehead atoms. The van der Waals surface area contributed by atoms with Crippen LogP contribution >= 0.6 is 0 Å². The number of hydrogen-bond acceptors (Lipinski definition) is 4. The summed E-state index contributed by atoms with van der Waals surface area (Å²) in [7, 11) is -1.33. The van der Waals surface area contributed by atoms with Crippen LogP contribution in [0.1, 0.15) is 26.7 Å². The van der Waals surface area contributed by atoms with Crippen LogP contribution in [0.3, 0.4) is 0 Å². The van der Waals surface area contributed by atoms with Crippen LogP contribution in [0.5, 0.6) is 0 Å². The predicted molar refractivity (Wildman–Crippen MR) is 65.1 cm³/mol. The lowest BCUT2D eigenvalue weighted by Crippen LogP contribution is -2.43. The molecule has 0 heterocycles. The first kappa shape index (κ1) is 15.4. The lowest BCUT2D eigenvalue weighted by atomic mass is 10.2. The third kappa shape index (κ3) is 5.46. The minimum atomic E-state index is -3.15. The molecule has 0 atom stereocenters. The summed E-state index contributed by atoms with van der Waals surface area (Å²) in [5.41, 5.74) is 0. The van der Waals surface area contributed by atoms with Gasteiger partial charge in [-0.2, -0.15) is 0 Å². The Kier molecular flexibility index (Phi) is 5.96. The van der Waals surface area contributed by atoms with Crippen molar-refractivity contribution in [1.82, 2.24) is 10.6 Å². The lowest BCUT2D eigenvalue weighted by Gasteiger charge is -2.22. The number of carbonyl (C=O) groups is 1. The van der Waals surface area contributed by atoms with Crippen molar-refractivity contribution in [3.05, 3.63) is 0 Å². The normalized spacial score (nSPS) is 12.5. The van der Waals surface area contributed by atoms with Gasteiger partial charge < -0.3 is 10.6 Å². The fraction of sp³-hybridized carbons (Fsp3) is 0.900. The highest BCUT2D eigenvalue weighted by Gasteiger charge is 2.30. The molecule has 0 aromatic rings. The monoisotopic (exact) mass is 250 g/mol. The topological polar surface area (TPSA) is 75.3 Å². The summed E-state index contributed by atoms with van der Waals surface area (Å²) in [5, 5.41) is 5.59. The van der Waals surface area contributed by atoms with E-state index < -0.39 is 14.6 Å². The minimum Gasteiger partial charge on any atom is -0.355 e. The van der Waals surface area contributed by atoms with Gasteiger partial charge in [0.1, 0.15) is 0 Å². The number of sulfone groups is 1. The molecule has 0 rings (SSSR count). The van der Waals surface area contributed by atoms with Crippen molar-refractivity contribution in [3.63, 3.8) is 0 Å². The summed E-state index contributed by atoms with van der Waals surface area (Å²) in [6, 6.07) is 0. The van der Waals surface area contributed by atoms with Gasteiger partial charge >= 0.3 is 0 Å². The van der Waals surface area contributed by atoms with E-state index in [1.165, 1.54) is 6.26 Å². The SMILES string of the molecule is CNCCCC(=O)NCC(C)(C)S(C)(=O)=O. The number of nitrogens with one attached hydrogen (secondary N) is 2. The zero-order valence-corrected chi connectivity index (χ0v) is 11.3. The highest BCUT2D eigenvalue weighted by molar-refractivity contribution is 7.92. The Morgan fingerprint density at radius 1 is 1.31 bits per heavy atom. The maximum Gasteiger partial charge on any atom is 0.220 e. The van der Waals surface area contributed by atoms with E-state index in [2.05, 4.69) is 10.6 Å².